The molecule has 0 radical (unpaired) electrons. The minimum Gasteiger partial charge on any atom is -0.317 e. The van der Waals surface area contributed by atoms with E-state index in [0.29, 0.717) is 6.04 Å². The fraction of sp³-hybridized carbons (Fsp3) is 0.625. The van der Waals surface area contributed by atoms with Crippen molar-refractivity contribution in [1.82, 2.24) is 5.32 Å². The summed E-state index contributed by atoms with van der Waals surface area (Å²) in [5.74, 6) is 0. The monoisotopic (exact) mass is 125 g/mol. The molecule has 0 spiro atoms. The van der Waals surface area contributed by atoms with E-state index < -0.39 is 0 Å². The molecule has 9 heavy (non-hydrogen) atoms. The summed E-state index contributed by atoms with van der Waals surface area (Å²) < 4.78 is 0. The van der Waals surface area contributed by atoms with E-state index in [-0.39, 0.29) is 0 Å². The van der Waals surface area contributed by atoms with Gasteiger partial charge in [0.05, 0.1) is 0 Å². The smallest absolute Gasteiger partial charge is 0.0102 e. The second-order valence-corrected chi connectivity index (χ2v) is 2.04. The first-order valence-electron chi connectivity index (χ1n) is 3.36. The molecule has 1 heteroatoms. The molecule has 0 aromatic heterocycles. The van der Waals surface area contributed by atoms with Gasteiger partial charge in [0, 0.05) is 6.04 Å². The van der Waals surface area contributed by atoms with Crippen molar-refractivity contribution in [1.29, 1.82) is 0 Å². The van der Waals surface area contributed by atoms with Crippen LogP contribution in [-0.2, 0) is 0 Å². The molecule has 0 amide bonds. The fourth-order valence-electron chi connectivity index (χ4n) is 0.714. The maximum absolute atomic E-state index is 3.49. The summed E-state index contributed by atoms with van der Waals surface area (Å²) in [5.41, 5.74) is 2.75. The first kappa shape index (κ1) is 8.48. The van der Waals surface area contributed by atoms with Crippen LogP contribution >= 0.6 is 0 Å². The maximum atomic E-state index is 3.49. The van der Waals surface area contributed by atoms with Crippen molar-refractivity contribution in [2.24, 2.45) is 0 Å². The van der Waals surface area contributed by atoms with E-state index in [1.165, 1.54) is 0 Å². The van der Waals surface area contributed by atoms with E-state index in [4.69, 9.17) is 0 Å². The predicted octanol–water partition coefficient (Wildman–Crippen LogP) is 1.72. The normalized spacial score (nSPS) is 12.2. The standard InChI is InChI=1S/C8H15N/c1-4-6-7-8(5-2)9-3/h6,8-9H,1,5,7H2,2-3H3. The molecule has 0 rings (SSSR count). The van der Waals surface area contributed by atoms with E-state index in [0.717, 1.165) is 12.8 Å². The zero-order valence-corrected chi connectivity index (χ0v) is 6.28. The Morgan fingerprint density at radius 1 is 1.78 bits per heavy atom. The highest BCUT2D eigenvalue weighted by atomic mass is 14.9. The highest BCUT2D eigenvalue weighted by Gasteiger charge is 1.96. The molecule has 0 saturated heterocycles. The van der Waals surface area contributed by atoms with E-state index in [1.807, 2.05) is 13.1 Å². The molecule has 1 atom stereocenters. The molecule has 0 saturated carbocycles. The minimum absolute atomic E-state index is 0.597. The molecule has 0 aliphatic rings. The zero-order chi connectivity index (χ0) is 7.11. The second-order valence-electron chi connectivity index (χ2n) is 2.04. The number of nitrogens with one attached hydrogen (secondary N) is 1. The minimum atomic E-state index is 0.597. The molecular formula is C8H15N. The third kappa shape index (κ3) is 4.01. The van der Waals surface area contributed by atoms with E-state index >= 15 is 0 Å². The van der Waals surface area contributed by atoms with Gasteiger partial charge in [-0.15, -0.1) is 5.73 Å². The Morgan fingerprint density at radius 2 is 2.44 bits per heavy atom. The van der Waals surface area contributed by atoms with Gasteiger partial charge in [0.25, 0.3) is 0 Å². The number of hydrogen-bond acceptors (Lipinski definition) is 1. The molecule has 0 fully saturated rings. The van der Waals surface area contributed by atoms with E-state index in [1.54, 1.807) is 0 Å². The summed E-state index contributed by atoms with van der Waals surface area (Å²) in [4.78, 5) is 0. The van der Waals surface area contributed by atoms with Crippen LogP contribution in [0.4, 0.5) is 0 Å². The second kappa shape index (κ2) is 5.61. The van der Waals surface area contributed by atoms with Crippen LogP contribution in [0.5, 0.6) is 0 Å². The Kier molecular flexibility index (Phi) is 5.29. The number of hydrogen-bond donors (Lipinski definition) is 1. The van der Waals surface area contributed by atoms with Crippen LogP contribution in [0.2, 0.25) is 0 Å². The quantitative estimate of drug-likeness (QED) is 0.564. The van der Waals surface area contributed by atoms with E-state index in [2.05, 4.69) is 24.6 Å². The predicted molar refractivity (Wildman–Crippen MR) is 41.5 cm³/mol. The van der Waals surface area contributed by atoms with Crippen LogP contribution in [0.3, 0.4) is 0 Å². The molecule has 0 aliphatic carbocycles. The summed E-state index contributed by atoms with van der Waals surface area (Å²) in [5, 5.41) is 3.19. The van der Waals surface area contributed by atoms with Crippen LogP contribution in [0.25, 0.3) is 0 Å². The summed E-state index contributed by atoms with van der Waals surface area (Å²) in [6, 6.07) is 0.597. The molecule has 0 heterocycles. The topological polar surface area (TPSA) is 12.0 Å². The maximum Gasteiger partial charge on any atom is 0.0102 e. The van der Waals surface area contributed by atoms with Gasteiger partial charge in [-0.3, -0.25) is 0 Å². The number of rotatable bonds is 4. The summed E-state index contributed by atoms with van der Waals surface area (Å²) in [6.07, 6.45) is 4.16. The van der Waals surface area contributed by atoms with Gasteiger partial charge >= 0.3 is 0 Å². The van der Waals surface area contributed by atoms with Gasteiger partial charge in [-0.2, -0.15) is 0 Å². The average molecular weight is 125 g/mol. The third-order valence-corrected chi connectivity index (χ3v) is 1.45. The van der Waals surface area contributed by atoms with Gasteiger partial charge in [0.2, 0.25) is 0 Å². The third-order valence-electron chi connectivity index (χ3n) is 1.45. The molecule has 1 nitrogen and oxygen atoms in total. The summed E-state index contributed by atoms with van der Waals surface area (Å²) >= 11 is 0. The molecule has 0 aliphatic heterocycles. The van der Waals surface area contributed by atoms with Crippen molar-refractivity contribution in [3.63, 3.8) is 0 Å². The van der Waals surface area contributed by atoms with Crippen LogP contribution < -0.4 is 5.32 Å². The first-order valence-corrected chi connectivity index (χ1v) is 3.36. The molecule has 0 bridgehead atoms. The lowest BCUT2D eigenvalue weighted by Crippen LogP contribution is -2.22. The van der Waals surface area contributed by atoms with Gasteiger partial charge in [-0.05, 0) is 26.0 Å². The van der Waals surface area contributed by atoms with Crippen molar-refractivity contribution in [3.8, 4) is 0 Å². The van der Waals surface area contributed by atoms with Crippen molar-refractivity contribution < 1.29 is 0 Å². The average Bonchev–Trinajstić information content (AvgIpc) is 1.91. The van der Waals surface area contributed by atoms with Crippen LogP contribution in [0, 0.1) is 0 Å². The van der Waals surface area contributed by atoms with Crippen LogP contribution in [0.1, 0.15) is 19.8 Å². The highest BCUT2D eigenvalue weighted by Crippen LogP contribution is 1.95. The Balaban J connectivity index is 3.42. The lowest BCUT2D eigenvalue weighted by molar-refractivity contribution is 0.552. The van der Waals surface area contributed by atoms with Crippen molar-refractivity contribution >= 4 is 0 Å². The van der Waals surface area contributed by atoms with Gasteiger partial charge < -0.3 is 5.32 Å². The van der Waals surface area contributed by atoms with Gasteiger partial charge in [0.1, 0.15) is 0 Å². The molecule has 52 valence electrons. The summed E-state index contributed by atoms with van der Waals surface area (Å²) in [7, 11) is 1.98. The Bertz CT molecular complexity index is 97.1. The Morgan fingerprint density at radius 3 is 2.78 bits per heavy atom. The Hall–Kier alpha value is -0.520. The van der Waals surface area contributed by atoms with Crippen LogP contribution in [-0.4, -0.2) is 13.1 Å². The molecular weight excluding hydrogens is 110 g/mol. The first-order chi connectivity index (χ1) is 4.35. The summed E-state index contributed by atoms with van der Waals surface area (Å²) in [6.45, 7) is 5.66. The van der Waals surface area contributed by atoms with Crippen LogP contribution in [0.15, 0.2) is 18.4 Å². The van der Waals surface area contributed by atoms with Crippen molar-refractivity contribution in [3.05, 3.63) is 18.4 Å². The largest absolute Gasteiger partial charge is 0.317 e. The molecule has 0 aromatic carbocycles. The zero-order valence-electron chi connectivity index (χ0n) is 6.28. The lowest BCUT2D eigenvalue weighted by Gasteiger charge is -2.08. The van der Waals surface area contributed by atoms with Crippen molar-refractivity contribution in [2.45, 2.75) is 25.8 Å². The van der Waals surface area contributed by atoms with Gasteiger partial charge in [-0.1, -0.05) is 13.5 Å². The highest BCUT2D eigenvalue weighted by molar-refractivity contribution is 4.81. The molecule has 1 N–H and O–H groups in total. The van der Waals surface area contributed by atoms with Gasteiger partial charge in [0.15, 0.2) is 0 Å². The lowest BCUT2D eigenvalue weighted by atomic mass is 10.1. The Labute approximate surface area is 57.5 Å². The molecule has 0 aromatic rings. The fourth-order valence-corrected chi connectivity index (χ4v) is 0.714. The SMILES string of the molecule is C=C=CCC(CC)NC. The molecule has 1 unspecified atom stereocenters. The van der Waals surface area contributed by atoms with Crippen molar-refractivity contribution in [2.75, 3.05) is 7.05 Å². The van der Waals surface area contributed by atoms with Gasteiger partial charge in [-0.25, -0.2) is 0 Å². The van der Waals surface area contributed by atoms with E-state index in [9.17, 15) is 0 Å².